The van der Waals surface area contributed by atoms with E-state index in [-0.39, 0.29) is 16.3 Å². The van der Waals surface area contributed by atoms with Crippen LogP contribution in [0, 0.1) is 10.1 Å². The topological polar surface area (TPSA) is 101 Å². The molecule has 1 aromatic heterocycles. The SMILES string of the molecule is CCCc1cc(NC(=O)c2ccc([N+](=O)[O-])cc2Cl)n[nH]1. The van der Waals surface area contributed by atoms with Gasteiger partial charge in [0.1, 0.15) is 0 Å². The number of H-pyrrole nitrogens is 1. The standard InChI is InChI=1S/C13H13ClN4O3/c1-2-3-8-6-12(17-16-8)15-13(19)10-5-4-9(18(20)21)7-11(10)14/h4-7H,2-3H2,1H3,(H2,15,16,17,19). The number of anilines is 1. The summed E-state index contributed by atoms with van der Waals surface area (Å²) in [5.41, 5.74) is 0.909. The quantitative estimate of drug-likeness (QED) is 0.654. The molecule has 2 aromatic rings. The maximum Gasteiger partial charge on any atom is 0.270 e. The highest BCUT2D eigenvalue weighted by Gasteiger charge is 2.15. The Kier molecular flexibility index (Phi) is 4.54. The average molecular weight is 309 g/mol. The Morgan fingerprint density at radius 1 is 1.48 bits per heavy atom. The fourth-order valence-electron chi connectivity index (χ4n) is 1.81. The summed E-state index contributed by atoms with van der Waals surface area (Å²) in [7, 11) is 0. The summed E-state index contributed by atoms with van der Waals surface area (Å²) in [4.78, 5) is 22.1. The monoisotopic (exact) mass is 308 g/mol. The molecule has 1 aromatic carbocycles. The largest absolute Gasteiger partial charge is 0.305 e. The van der Waals surface area contributed by atoms with Gasteiger partial charge in [-0.05, 0) is 12.5 Å². The number of nitro benzene ring substituents is 1. The van der Waals surface area contributed by atoms with Gasteiger partial charge >= 0.3 is 0 Å². The number of benzene rings is 1. The molecule has 2 rings (SSSR count). The van der Waals surface area contributed by atoms with Gasteiger partial charge in [0, 0.05) is 23.9 Å². The minimum Gasteiger partial charge on any atom is -0.305 e. The zero-order chi connectivity index (χ0) is 15.4. The average Bonchev–Trinajstić information content (AvgIpc) is 2.86. The van der Waals surface area contributed by atoms with E-state index in [9.17, 15) is 14.9 Å². The summed E-state index contributed by atoms with van der Waals surface area (Å²) < 4.78 is 0. The molecule has 0 aliphatic rings. The summed E-state index contributed by atoms with van der Waals surface area (Å²) in [6.45, 7) is 2.04. The van der Waals surface area contributed by atoms with E-state index in [0.29, 0.717) is 5.82 Å². The number of aromatic nitrogens is 2. The highest BCUT2D eigenvalue weighted by atomic mass is 35.5. The van der Waals surface area contributed by atoms with Crippen molar-refractivity contribution in [2.75, 3.05) is 5.32 Å². The van der Waals surface area contributed by atoms with E-state index in [4.69, 9.17) is 11.6 Å². The maximum absolute atomic E-state index is 12.1. The second kappa shape index (κ2) is 6.36. The van der Waals surface area contributed by atoms with Gasteiger partial charge in [0.25, 0.3) is 11.6 Å². The lowest BCUT2D eigenvalue weighted by Gasteiger charge is -2.03. The number of aromatic amines is 1. The predicted molar refractivity (Wildman–Crippen MR) is 78.6 cm³/mol. The number of hydrogen-bond acceptors (Lipinski definition) is 4. The minimum atomic E-state index is -0.571. The predicted octanol–water partition coefficient (Wildman–Crippen LogP) is 3.18. The molecule has 0 bridgehead atoms. The van der Waals surface area contributed by atoms with Crippen molar-refractivity contribution in [3.05, 3.63) is 50.7 Å². The van der Waals surface area contributed by atoms with Crippen molar-refractivity contribution in [2.45, 2.75) is 19.8 Å². The summed E-state index contributed by atoms with van der Waals surface area (Å²) in [6, 6.07) is 5.42. The van der Waals surface area contributed by atoms with Crippen LogP contribution in [0.3, 0.4) is 0 Å². The van der Waals surface area contributed by atoms with Crippen molar-refractivity contribution in [1.82, 2.24) is 10.2 Å². The third kappa shape index (κ3) is 3.57. The molecule has 1 heterocycles. The second-order valence-electron chi connectivity index (χ2n) is 4.40. The zero-order valence-corrected chi connectivity index (χ0v) is 12.0. The van der Waals surface area contributed by atoms with E-state index in [1.54, 1.807) is 6.07 Å². The third-order valence-corrected chi connectivity index (χ3v) is 3.11. The molecule has 2 N–H and O–H groups in total. The molecule has 0 fully saturated rings. The fourth-order valence-corrected chi connectivity index (χ4v) is 2.07. The van der Waals surface area contributed by atoms with Gasteiger partial charge in [0.15, 0.2) is 5.82 Å². The van der Waals surface area contributed by atoms with Gasteiger partial charge < -0.3 is 5.32 Å². The van der Waals surface area contributed by atoms with Crippen LogP contribution >= 0.6 is 11.6 Å². The maximum atomic E-state index is 12.1. The van der Waals surface area contributed by atoms with Crippen molar-refractivity contribution in [3.63, 3.8) is 0 Å². The highest BCUT2D eigenvalue weighted by molar-refractivity contribution is 6.34. The van der Waals surface area contributed by atoms with E-state index in [1.165, 1.54) is 12.1 Å². The van der Waals surface area contributed by atoms with Crippen LogP contribution in [0.25, 0.3) is 0 Å². The molecule has 1 amide bonds. The number of aryl methyl sites for hydroxylation is 1. The molecule has 21 heavy (non-hydrogen) atoms. The molecule has 0 spiro atoms. The molecule has 110 valence electrons. The Hall–Kier alpha value is -2.41. The first-order valence-electron chi connectivity index (χ1n) is 6.31. The number of nitrogens with zero attached hydrogens (tertiary/aromatic N) is 2. The van der Waals surface area contributed by atoms with Crippen LogP contribution in [-0.2, 0) is 6.42 Å². The van der Waals surface area contributed by atoms with Crippen molar-refractivity contribution in [1.29, 1.82) is 0 Å². The van der Waals surface area contributed by atoms with Gasteiger partial charge in [-0.15, -0.1) is 0 Å². The van der Waals surface area contributed by atoms with Gasteiger partial charge in [-0.25, -0.2) is 0 Å². The normalized spacial score (nSPS) is 10.4. The molecule has 0 radical (unpaired) electrons. The van der Waals surface area contributed by atoms with Crippen LogP contribution in [0.1, 0.15) is 29.4 Å². The molecule has 0 unspecified atom stereocenters. The Labute approximate surface area is 125 Å². The van der Waals surface area contributed by atoms with Crippen molar-refractivity contribution < 1.29 is 9.72 Å². The lowest BCUT2D eigenvalue weighted by Crippen LogP contribution is -2.12. The van der Waals surface area contributed by atoms with Crippen molar-refractivity contribution in [2.24, 2.45) is 0 Å². The molecular weight excluding hydrogens is 296 g/mol. The van der Waals surface area contributed by atoms with Crippen LogP contribution in [0.2, 0.25) is 5.02 Å². The lowest BCUT2D eigenvalue weighted by atomic mass is 10.2. The van der Waals surface area contributed by atoms with Gasteiger partial charge in [-0.3, -0.25) is 20.0 Å². The smallest absolute Gasteiger partial charge is 0.270 e. The molecule has 0 aliphatic carbocycles. The van der Waals surface area contributed by atoms with Crippen LogP contribution in [0.4, 0.5) is 11.5 Å². The number of nitro groups is 1. The zero-order valence-electron chi connectivity index (χ0n) is 11.2. The van der Waals surface area contributed by atoms with E-state index in [2.05, 4.69) is 15.5 Å². The second-order valence-corrected chi connectivity index (χ2v) is 4.81. The molecule has 0 atom stereocenters. The third-order valence-electron chi connectivity index (χ3n) is 2.80. The number of rotatable bonds is 5. The first kappa shape index (κ1) is 15.0. The van der Waals surface area contributed by atoms with E-state index >= 15 is 0 Å². The van der Waals surface area contributed by atoms with Gasteiger partial charge in [0.2, 0.25) is 0 Å². The lowest BCUT2D eigenvalue weighted by molar-refractivity contribution is -0.384. The number of carbonyl (C=O) groups excluding carboxylic acids is 1. The summed E-state index contributed by atoms with van der Waals surface area (Å²) in [6.07, 6.45) is 1.80. The minimum absolute atomic E-state index is 0.0195. The number of nitrogens with one attached hydrogen (secondary N) is 2. The molecule has 7 nitrogen and oxygen atoms in total. The van der Waals surface area contributed by atoms with E-state index in [1.807, 2.05) is 6.92 Å². The van der Waals surface area contributed by atoms with E-state index < -0.39 is 10.8 Å². The van der Waals surface area contributed by atoms with Crippen molar-refractivity contribution >= 4 is 29.0 Å². The summed E-state index contributed by atoms with van der Waals surface area (Å²) in [5, 5.41) is 20.0. The van der Waals surface area contributed by atoms with Crippen LogP contribution in [0.5, 0.6) is 0 Å². The Balaban J connectivity index is 2.14. The summed E-state index contributed by atoms with van der Waals surface area (Å²) in [5.74, 6) is -0.0812. The van der Waals surface area contributed by atoms with Crippen molar-refractivity contribution in [3.8, 4) is 0 Å². The van der Waals surface area contributed by atoms with Gasteiger partial charge in [0.05, 0.1) is 15.5 Å². The number of hydrogen-bond donors (Lipinski definition) is 2. The molecular formula is C13H13ClN4O3. The Morgan fingerprint density at radius 2 is 2.24 bits per heavy atom. The molecule has 8 heteroatoms. The molecule has 0 saturated carbocycles. The van der Waals surface area contributed by atoms with Crippen LogP contribution in [-0.4, -0.2) is 21.0 Å². The summed E-state index contributed by atoms with van der Waals surface area (Å²) >= 11 is 5.90. The van der Waals surface area contributed by atoms with Gasteiger partial charge in [-0.2, -0.15) is 5.10 Å². The Bertz CT molecular complexity index is 684. The van der Waals surface area contributed by atoms with Crippen LogP contribution < -0.4 is 5.32 Å². The number of non-ortho nitro benzene ring substituents is 1. The number of halogens is 1. The van der Waals surface area contributed by atoms with Gasteiger partial charge in [-0.1, -0.05) is 24.9 Å². The highest BCUT2D eigenvalue weighted by Crippen LogP contribution is 2.23. The first-order chi connectivity index (χ1) is 10.0. The molecule has 0 saturated heterocycles. The Morgan fingerprint density at radius 3 is 2.86 bits per heavy atom. The molecule has 0 aliphatic heterocycles. The van der Waals surface area contributed by atoms with E-state index in [0.717, 1.165) is 24.6 Å². The fraction of sp³-hybridized carbons (Fsp3) is 0.231. The number of carbonyl (C=O) groups is 1. The first-order valence-corrected chi connectivity index (χ1v) is 6.68. The number of amides is 1. The van der Waals surface area contributed by atoms with Crippen LogP contribution in [0.15, 0.2) is 24.3 Å².